The molecular formula is C11H13NO2. The largest absolute Gasteiger partial charge is 0.477 e. The molecule has 1 aromatic heterocycles. The fraction of sp³-hybridized carbons (Fsp3) is 0.455. The minimum absolute atomic E-state index is 0.233. The number of carboxylic acid groups (broad SMARTS) is 1. The Morgan fingerprint density at radius 1 is 1.57 bits per heavy atom. The average Bonchev–Trinajstić information content (AvgIpc) is 3.00. The van der Waals surface area contributed by atoms with Crippen LogP contribution in [0.2, 0.25) is 0 Å². The second-order valence-corrected chi connectivity index (χ2v) is 3.68. The van der Waals surface area contributed by atoms with E-state index in [0.717, 1.165) is 30.5 Å². The lowest BCUT2D eigenvalue weighted by atomic mass is 10.1. The number of aryl methyl sites for hydroxylation is 1. The van der Waals surface area contributed by atoms with Gasteiger partial charge in [0.25, 0.3) is 0 Å². The minimum Gasteiger partial charge on any atom is -0.477 e. The van der Waals surface area contributed by atoms with Crippen LogP contribution < -0.4 is 0 Å². The summed E-state index contributed by atoms with van der Waals surface area (Å²) in [6, 6.07) is 3.85. The van der Waals surface area contributed by atoms with Crippen molar-refractivity contribution in [2.75, 3.05) is 0 Å². The van der Waals surface area contributed by atoms with Crippen LogP contribution in [0.5, 0.6) is 0 Å². The highest BCUT2D eigenvalue weighted by molar-refractivity contribution is 5.87. The van der Waals surface area contributed by atoms with Crippen LogP contribution in [-0.2, 0) is 6.42 Å². The number of aromatic nitrogens is 1. The van der Waals surface area contributed by atoms with Gasteiger partial charge in [-0.3, -0.25) is 0 Å². The van der Waals surface area contributed by atoms with Crippen molar-refractivity contribution in [2.45, 2.75) is 32.1 Å². The predicted molar refractivity (Wildman–Crippen MR) is 52.5 cm³/mol. The molecule has 1 fully saturated rings. The summed E-state index contributed by atoms with van der Waals surface area (Å²) in [4.78, 5) is 15.1. The molecule has 74 valence electrons. The quantitative estimate of drug-likeness (QED) is 0.796. The molecule has 14 heavy (non-hydrogen) atoms. The van der Waals surface area contributed by atoms with Crippen LogP contribution in [0, 0.1) is 0 Å². The third-order valence-electron chi connectivity index (χ3n) is 2.58. The van der Waals surface area contributed by atoms with E-state index < -0.39 is 5.97 Å². The van der Waals surface area contributed by atoms with Crippen molar-refractivity contribution in [3.63, 3.8) is 0 Å². The number of nitrogens with zero attached hydrogens (tertiary/aromatic N) is 1. The van der Waals surface area contributed by atoms with Gasteiger partial charge in [0.2, 0.25) is 0 Å². The Labute approximate surface area is 82.8 Å². The first-order valence-electron chi connectivity index (χ1n) is 4.95. The van der Waals surface area contributed by atoms with Crippen molar-refractivity contribution < 1.29 is 9.90 Å². The van der Waals surface area contributed by atoms with Gasteiger partial charge in [-0.25, -0.2) is 9.78 Å². The zero-order valence-electron chi connectivity index (χ0n) is 8.16. The van der Waals surface area contributed by atoms with Crippen LogP contribution in [-0.4, -0.2) is 16.1 Å². The third-order valence-corrected chi connectivity index (χ3v) is 2.58. The summed E-state index contributed by atoms with van der Waals surface area (Å²) in [6.45, 7) is 1.94. The van der Waals surface area contributed by atoms with E-state index in [-0.39, 0.29) is 5.69 Å². The zero-order valence-corrected chi connectivity index (χ0v) is 8.16. The first kappa shape index (κ1) is 9.19. The van der Waals surface area contributed by atoms with E-state index in [1.165, 1.54) is 0 Å². The van der Waals surface area contributed by atoms with Crippen molar-refractivity contribution in [3.8, 4) is 0 Å². The highest BCUT2D eigenvalue weighted by Crippen LogP contribution is 2.39. The number of hydrogen-bond donors (Lipinski definition) is 1. The van der Waals surface area contributed by atoms with E-state index in [4.69, 9.17) is 5.11 Å². The molecule has 0 spiro atoms. The molecule has 0 atom stereocenters. The van der Waals surface area contributed by atoms with Gasteiger partial charge < -0.3 is 5.11 Å². The van der Waals surface area contributed by atoms with Gasteiger partial charge in [-0.15, -0.1) is 0 Å². The van der Waals surface area contributed by atoms with Crippen molar-refractivity contribution in [1.82, 2.24) is 4.98 Å². The van der Waals surface area contributed by atoms with Gasteiger partial charge in [-0.2, -0.15) is 0 Å². The van der Waals surface area contributed by atoms with Crippen LogP contribution in [0.3, 0.4) is 0 Å². The van der Waals surface area contributed by atoms with Crippen LogP contribution in [0.4, 0.5) is 0 Å². The first-order valence-corrected chi connectivity index (χ1v) is 4.95. The molecule has 0 amide bonds. The molecule has 0 radical (unpaired) electrons. The minimum atomic E-state index is -0.913. The van der Waals surface area contributed by atoms with Gasteiger partial charge in [0.05, 0.1) is 0 Å². The molecule has 1 aliphatic rings. The standard InChI is InChI=1S/C11H13NO2/c1-2-7-5-6-9(8-3-4-8)12-10(7)11(13)14/h5-6,8H,2-4H2,1H3,(H,13,14). The molecule has 0 unspecified atom stereocenters. The molecule has 1 saturated carbocycles. The normalized spacial score (nSPS) is 15.5. The summed E-state index contributed by atoms with van der Waals surface area (Å²) < 4.78 is 0. The number of rotatable bonds is 3. The maximum Gasteiger partial charge on any atom is 0.354 e. The Bertz CT molecular complexity index is 370. The van der Waals surface area contributed by atoms with E-state index in [1.54, 1.807) is 0 Å². The molecule has 2 rings (SSSR count). The van der Waals surface area contributed by atoms with Gasteiger partial charge in [0.15, 0.2) is 5.69 Å². The lowest BCUT2D eigenvalue weighted by Crippen LogP contribution is -2.07. The maximum atomic E-state index is 10.9. The van der Waals surface area contributed by atoms with E-state index >= 15 is 0 Å². The number of carbonyl (C=O) groups is 1. The maximum absolute atomic E-state index is 10.9. The third kappa shape index (κ3) is 1.62. The monoisotopic (exact) mass is 191 g/mol. The van der Waals surface area contributed by atoms with Gasteiger partial charge in [0, 0.05) is 11.6 Å². The van der Waals surface area contributed by atoms with Crippen molar-refractivity contribution in [2.24, 2.45) is 0 Å². The van der Waals surface area contributed by atoms with E-state index in [1.807, 2.05) is 19.1 Å². The van der Waals surface area contributed by atoms with Crippen molar-refractivity contribution >= 4 is 5.97 Å². The molecule has 1 heterocycles. The van der Waals surface area contributed by atoms with Crippen LogP contribution >= 0.6 is 0 Å². The Morgan fingerprint density at radius 2 is 2.29 bits per heavy atom. The number of hydrogen-bond acceptors (Lipinski definition) is 2. The summed E-state index contributed by atoms with van der Waals surface area (Å²) in [5.41, 5.74) is 2.00. The SMILES string of the molecule is CCc1ccc(C2CC2)nc1C(=O)O. The van der Waals surface area contributed by atoms with Crippen LogP contribution in [0.25, 0.3) is 0 Å². The Hall–Kier alpha value is -1.38. The van der Waals surface area contributed by atoms with Crippen molar-refractivity contribution in [1.29, 1.82) is 0 Å². The summed E-state index contributed by atoms with van der Waals surface area (Å²) in [5, 5.41) is 8.96. The highest BCUT2D eigenvalue weighted by atomic mass is 16.4. The van der Waals surface area contributed by atoms with Gasteiger partial charge in [0.1, 0.15) is 0 Å². The van der Waals surface area contributed by atoms with Gasteiger partial charge >= 0.3 is 5.97 Å². The van der Waals surface area contributed by atoms with Crippen LogP contribution in [0.15, 0.2) is 12.1 Å². The summed E-state index contributed by atoms with van der Waals surface area (Å²) in [7, 11) is 0. The van der Waals surface area contributed by atoms with Gasteiger partial charge in [-0.1, -0.05) is 13.0 Å². The average molecular weight is 191 g/mol. The van der Waals surface area contributed by atoms with Crippen molar-refractivity contribution in [3.05, 3.63) is 29.1 Å². The number of aromatic carboxylic acids is 1. The lowest BCUT2D eigenvalue weighted by molar-refractivity contribution is 0.0689. The van der Waals surface area contributed by atoms with Crippen LogP contribution in [0.1, 0.15) is 47.4 Å². The Morgan fingerprint density at radius 3 is 2.79 bits per heavy atom. The molecule has 0 saturated heterocycles. The predicted octanol–water partition coefficient (Wildman–Crippen LogP) is 2.22. The molecule has 3 heteroatoms. The second kappa shape index (κ2) is 3.40. The smallest absolute Gasteiger partial charge is 0.354 e. The summed E-state index contributed by atoms with van der Waals surface area (Å²) in [6.07, 6.45) is 3.02. The summed E-state index contributed by atoms with van der Waals surface area (Å²) in [5.74, 6) is -0.400. The molecule has 1 aliphatic carbocycles. The number of carboxylic acids is 1. The highest BCUT2D eigenvalue weighted by Gasteiger charge is 2.26. The zero-order chi connectivity index (χ0) is 10.1. The Kier molecular flexibility index (Phi) is 2.23. The fourth-order valence-electron chi connectivity index (χ4n) is 1.58. The fourth-order valence-corrected chi connectivity index (χ4v) is 1.58. The van der Waals surface area contributed by atoms with E-state index in [2.05, 4.69) is 4.98 Å². The molecular weight excluding hydrogens is 178 g/mol. The van der Waals surface area contributed by atoms with E-state index in [0.29, 0.717) is 5.92 Å². The molecule has 1 aromatic rings. The first-order chi connectivity index (χ1) is 6.72. The molecule has 3 nitrogen and oxygen atoms in total. The second-order valence-electron chi connectivity index (χ2n) is 3.68. The number of pyridine rings is 1. The molecule has 0 aromatic carbocycles. The Balaban J connectivity index is 2.40. The topological polar surface area (TPSA) is 50.2 Å². The molecule has 1 N–H and O–H groups in total. The van der Waals surface area contributed by atoms with Gasteiger partial charge in [-0.05, 0) is 30.9 Å². The molecule has 0 bridgehead atoms. The summed E-state index contributed by atoms with van der Waals surface area (Å²) >= 11 is 0. The molecule has 0 aliphatic heterocycles. The van der Waals surface area contributed by atoms with E-state index in [9.17, 15) is 4.79 Å². The lowest BCUT2D eigenvalue weighted by Gasteiger charge is -2.04.